The Bertz CT molecular complexity index is 875. The average molecular weight is 340 g/mol. The Kier molecular flexibility index (Phi) is 3.01. The van der Waals surface area contributed by atoms with Gasteiger partial charge < -0.3 is 24.1 Å². The van der Waals surface area contributed by atoms with Crippen molar-refractivity contribution in [2.24, 2.45) is 0 Å². The first kappa shape index (κ1) is 14.9. The van der Waals surface area contributed by atoms with E-state index in [2.05, 4.69) is 19.1 Å². The van der Waals surface area contributed by atoms with Crippen molar-refractivity contribution in [1.29, 1.82) is 0 Å². The predicted octanol–water partition coefficient (Wildman–Crippen LogP) is 2.87. The van der Waals surface area contributed by atoms with Gasteiger partial charge in [-0.05, 0) is 60.2 Å². The largest absolute Gasteiger partial charge is 0.454 e. The molecular weight excluding hydrogens is 320 g/mol. The van der Waals surface area contributed by atoms with Gasteiger partial charge in [0.05, 0.1) is 6.10 Å². The molecule has 5 rings (SSSR count). The fourth-order valence-corrected chi connectivity index (χ4v) is 4.33. The lowest BCUT2D eigenvalue weighted by Crippen LogP contribution is -2.44. The fraction of sp³-hybridized carbons (Fsp3) is 0.400. The van der Waals surface area contributed by atoms with Gasteiger partial charge in [-0.25, -0.2) is 0 Å². The van der Waals surface area contributed by atoms with Crippen LogP contribution >= 0.6 is 0 Å². The molecule has 5 heteroatoms. The zero-order valence-corrected chi connectivity index (χ0v) is 14.3. The van der Waals surface area contributed by atoms with Gasteiger partial charge in [0.2, 0.25) is 13.6 Å². The molecule has 2 atom stereocenters. The Hall–Kier alpha value is -2.40. The Morgan fingerprint density at radius 2 is 1.64 bits per heavy atom. The molecule has 5 nitrogen and oxygen atoms in total. The van der Waals surface area contributed by atoms with E-state index >= 15 is 0 Å². The molecule has 0 saturated heterocycles. The molecule has 2 aromatic rings. The van der Waals surface area contributed by atoms with Crippen LogP contribution in [0.3, 0.4) is 0 Å². The van der Waals surface area contributed by atoms with Crippen molar-refractivity contribution in [3.05, 3.63) is 46.5 Å². The summed E-state index contributed by atoms with van der Waals surface area (Å²) < 4.78 is 22.1. The van der Waals surface area contributed by atoms with E-state index < -0.39 is 11.5 Å². The van der Waals surface area contributed by atoms with E-state index in [4.69, 9.17) is 18.9 Å². The lowest BCUT2D eigenvalue weighted by molar-refractivity contribution is 0.0809. The lowest BCUT2D eigenvalue weighted by Gasteiger charge is -2.41. The summed E-state index contributed by atoms with van der Waals surface area (Å²) >= 11 is 0. The van der Waals surface area contributed by atoms with Crippen molar-refractivity contribution in [1.82, 2.24) is 0 Å². The summed E-state index contributed by atoms with van der Waals surface area (Å²) in [5.74, 6) is 3.13. The molecule has 0 aromatic heterocycles. The number of aliphatic hydroxyl groups is 1. The molecule has 0 fully saturated rings. The van der Waals surface area contributed by atoms with Crippen molar-refractivity contribution in [2.75, 3.05) is 13.6 Å². The first-order valence-electron chi connectivity index (χ1n) is 8.55. The molecule has 0 spiro atoms. The van der Waals surface area contributed by atoms with E-state index in [1.54, 1.807) is 0 Å². The molecule has 0 amide bonds. The van der Waals surface area contributed by atoms with Crippen molar-refractivity contribution in [3.63, 3.8) is 0 Å². The average Bonchev–Trinajstić information content (AvgIpc) is 3.23. The summed E-state index contributed by atoms with van der Waals surface area (Å²) in [5, 5.41) is 11.0. The fourth-order valence-electron chi connectivity index (χ4n) is 4.33. The quantitative estimate of drug-likeness (QED) is 0.865. The Morgan fingerprint density at radius 1 is 0.960 bits per heavy atom. The highest BCUT2D eigenvalue weighted by atomic mass is 16.7. The SMILES string of the molecule is Cc1c([C@]2(C)Cc3cc4c(cc3C[C@@H]2O)OCO4)ccc2c1OCO2. The second-order valence-electron chi connectivity index (χ2n) is 7.26. The Labute approximate surface area is 146 Å². The highest BCUT2D eigenvalue weighted by Crippen LogP contribution is 2.47. The van der Waals surface area contributed by atoms with E-state index in [0.717, 1.165) is 46.1 Å². The molecule has 130 valence electrons. The van der Waals surface area contributed by atoms with Gasteiger partial charge in [0, 0.05) is 5.41 Å². The van der Waals surface area contributed by atoms with Gasteiger partial charge in [0.1, 0.15) is 0 Å². The topological polar surface area (TPSA) is 57.2 Å². The summed E-state index contributed by atoms with van der Waals surface area (Å²) in [5.41, 5.74) is 4.08. The van der Waals surface area contributed by atoms with Crippen molar-refractivity contribution in [2.45, 2.75) is 38.2 Å². The van der Waals surface area contributed by atoms with Crippen LogP contribution in [0.2, 0.25) is 0 Å². The minimum absolute atomic E-state index is 0.255. The minimum atomic E-state index is -0.487. The minimum Gasteiger partial charge on any atom is -0.454 e. The monoisotopic (exact) mass is 340 g/mol. The summed E-state index contributed by atoms with van der Waals surface area (Å²) in [6, 6.07) is 8.07. The predicted molar refractivity (Wildman–Crippen MR) is 90.6 cm³/mol. The van der Waals surface area contributed by atoms with Crippen LogP contribution < -0.4 is 18.9 Å². The van der Waals surface area contributed by atoms with Crippen LogP contribution in [0.15, 0.2) is 24.3 Å². The van der Waals surface area contributed by atoms with Gasteiger partial charge in [0.15, 0.2) is 23.0 Å². The highest BCUT2D eigenvalue weighted by molar-refractivity contribution is 5.56. The number of ether oxygens (including phenoxy) is 4. The van der Waals surface area contributed by atoms with Gasteiger partial charge in [0.25, 0.3) is 0 Å². The van der Waals surface area contributed by atoms with Gasteiger partial charge >= 0.3 is 0 Å². The third kappa shape index (κ3) is 2.05. The first-order valence-corrected chi connectivity index (χ1v) is 8.55. The summed E-state index contributed by atoms with van der Waals surface area (Å²) in [6.07, 6.45) is 0.844. The highest BCUT2D eigenvalue weighted by Gasteiger charge is 2.42. The Balaban J connectivity index is 1.60. The number of aliphatic hydroxyl groups excluding tert-OH is 1. The smallest absolute Gasteiger partial charge is 0.231 e. The third-order valence-electron chi connectivity index (χ3n) is 5.80. The van der Waals surface area contributed by atoms with Crippen molar-refractivity contribution >= 4 is 0 Å². The lowest BCUT2D eigenvalue weighted by atomic mass is 9.66. The second-order valence-corrected chi connectivity index (χ2v) is 7.26. The zero-order chi connectivity index (χ0) is 17.2. The molecule has 3 aliphatic rings. The van der Waals surface area contributed by atoms with Crippen LogP contribution in [0, 0.1) is 6.92 Å². The van der Waals surface area contributed by atoms with Gasteiger partial charge in [-0.3, -0.25) is 0 Å². The maximum atomic E-state index is 11.0. The molecular formula is C20H20O5. The van der Waals surface area contributed by atoms with Crippen LogP contribution in [-0.2, 0) is 18.3 Å². The van der Waals surface area contributed by atoms with E-state index in [-0.39, 0.29) is 13.6 Å². The normalized spacial score (nSPS) is 25.8. The second kappa shape index (κ2) is 5.05. The van der Waals surface area contributed by atoms with Crippen molar-refractivity contribution < 1.29 is 24.1 Å². The van der Waals surface area contributed by atoms with E-state index in [9.17, 15) is 5.11 Å². The van der Waals surface area contributed by atoms with E-state index in [1.165, 1.54) is 5.56 Å². The van der Waals surface area contributed by atoms with Crippen LogP contribution in [0.4, 0.5) is 0 Å². The van der Waals surface area contributed by atoms with Crippen molar-refractivity contribution in [3.8, 4) is 23.0 Å². The molecule has 0 unspecified atom stereocenters. The number of hydrogen-bond acceptors (Lipinski definition) is 5. The molecule has 2 aromatic carbocycles. The summed E-state index contributed by atoms with van der Waals surface area (Å²) in [7, 11) is 0. The van der Waals surface area contributed by atoms with Gasteiger partial charge in [-0.1, -0.05) is 13.0 Å². The molecule has 25 heavy (non-hydrogen) atoms. The number of rotatable bonds is 1. The first-order chi connectivity index (χ1) is 12.1. The molecule has 2 heterocycles. The number of hydrogen-bond donors (Lipinski definition) is 1. The molecule has 0 saturated carbocycles. The van der Waals surface area contributed by atoms with Crippen LogP contribution in [0.1, 0.15) is 29.2 Å². The molecule has 1 N–H and O–H groups in total. The van der Waals surface area contributed by atoms with E-state index in [0.29, 0.717) is 6.42 Å². The summed E-state index contributed by atoms with van der Waals surface area (Å²) in [4.78, 5) is 0. The standard InChI is InChI=1S/C20H20O5/c1-11-14(3-4-15-19(11)25-10-22-15)20(2)8-13-6-17-16(23-9-24-17)5-12(13)7-18(20)21/h3-6,18,21H,7-10H2,1-2H3/t18-,20-/m0/s1. The van der Waals surface area contributed by atoms with E-state index in [1.807, 2.05) is 19.1 Å². The molecule has 2 aliphatic heterocycles. The summed E-state index contributed by atoms with van der Waals surface area (Å²) in [6.45, 7) is 4.68. The number of fused-ring (bicyclic) bond motifs is 3. The number of benzene rings is 2. The molecule has 0 bridgehead atoms. The third-order valence-corrected chi connectivity index (χ3v) is 5.80. The Morgan fingerprint density at radius 3 is 2.44 bits per heavy atom. The van der Waals surface area contributed by atoms with Crippen LogP contribution in [-0.4, -0.2) is 24.8 Å². The van der Waals surface area contributed by atoms with Crippen LogP contribution in [0.25, 0.3) is 0 Å². The van der Waals surface area contributed by atoms with Gasteiger partial charge in [-0.2, -0.15) is 0 Å². The molecule has 1 aliphatic carbocycles. The van der Waals surface area contributed by atoms with Gasteiger partial charge in [-0.15, -0.1) is 0 Å². The molecule has 0 radical (unpaired) electrons. The maximum absolute atomic E-state index is 11.0. The zero-order valence-electron chi connectivity index (χ0n) is 14.3. The maximum Gasteiger partial charge on any atom is 0.231 e. The van der Waals surface area contributed by atoms with Crippen LogP contribution in [0.5, 0.6) is 23.0 Å².